The summed E-state index contributed by atoms with van der Waals surface area (Å²) >= 11 is 0. The molecule has 0 fully saturated rings. The van der Waals surface area contributed by atoms with Crippen LogP contribution < -0.4 is 11.3 Å². The number of ether oxygens (including phenoxy) is 1. The molecular formula is C8H20N2O2. The largest absolute Gasteiger partial charge is 0.466 e. The third kappa shape index (κ3) is 22.8. The molecule has 4 nitrogen and oxygen atoms in total. The zero-order valence-corrected chi connectivity index (χ0v) is 8.22. The van der Waals surface area contributed by atoms with Crippen LogP contribution in [0.25, 0.3) is 0 Å². The van der Waals surface area contributed by atoms with Crippen molar-refractivity contribution in [1.29, 1.82) is 0 Å². The van der Waals surface area contributed by atoms with Crippen molar-refractivity contribution in [3.63, 3.8) is 0 Å². The van der Waals surface area contributed by atoms with Gasteiger partial charge in [-0.25, -0.2) is 0 Å². The second-order valence-electron chi connectivity index (χ2n) is 2.23. The summed E-state index contributed by atoms with van der Waals surface area (Å²) < 4.78 is 4.40. The Morgan fingerprint density at radius 1 is 1.50 bits per heavy atom. The van der Waals surface area contributed by atoms with Crippen LogP contribution in [0.1, 0.15) is 33.6 Å². The van der Waals surface area contributed by atoms with Gasteiger partial charge in [0, 0.05) is 13.5 Å². The molecule has 0 aromatic rings. The molecular weight excluding hydrogens is 156 g/mol. The van der Waals surface area contributed by atoms with Crippen LogP contribution in [0.2, 0.25) is 0 Å². The minimum atomic E-state index is -0.211. The number of nitrogens with two attached hydrogens (primary N) is 1. The van der Waals surface area contributed by atoms with E-state index in [1.54, 1.807) is 6.92 Å². The first-order valence-corrected chi connectivity index (χ1v) is 4.25. The van der Waals surface area contributed by atoms with Gasteiger partial charge in [-0.2, -0.15) is 0 Å². The molecule has 4 heteroatoms. The van der Waals surface area contributed by atoms with Crippen molar-refractivity contribution in [1.82, 2.24) is 5.43 Å². The second-order valence-corrected chi connectivity index (χ2v) is 2.23. The highest BCUT2D eigenvalue weighted by atomic mass is 16.5. The van der Waals surface area contributed by atoms with Crippen molar-refractivity contribution in [2.45, 2.75) is 33.6 Å². The standard InChI is InChI=1S/C4H12N2.C4H8O2/c1-2-3-4-6-5;1-3-6-4(2)5/h6H,2-5H2,1H3;3H2,1-2H3. The van der Waals surface area contributed by atoms with Crippen molar-refractivity contribution >= 4 is 5.97 Å². The molecule has 0 aromatic carbocycles. The Kier molecular flexibility index (Phi) is 15.1. The van der Waals surface area contributed by atoms with Gasteiger partial charge < -0.3 is 4.74 Å². The van der Waals surface area contributed by atoms with Gasteiger partial charge in [0.1, 0.15) is 0 Å². The predicted molar refractivity (Wildman–Crippen MR) is 49.4 cm³/mol. The van der Waals surface area contributed by atoms with Gasteiger partial charge in [-0.05, 0) is 13.3 Å². The molecule has 0 unspecified atom stereocenters. The molecule has 3 N–H and O–H groups in total. The Labute approximate surface area is 74.4 Å². The van der Waals surface area contributed by atoms with E-state index in [-0.39, 0.29) is 5.97 Å². The summed E-state index contributed by atoms with van der Waals surface area (Å²) in [5, 5.41) is 0. The predicted octanol–water partition coefficient (Wildman–Crippen LogP) is 0.819. The fraction of sp³-hybridized carbons (Fsp3) is 0.875. The number of carbonyl (C=O) groups excluding carboxylic acids is 1. The van der Waals surface area contributed by atoms with Gasteiger partial charge in [0.15, 0.2) is 0 Å². The van der Waals surface area contributed by atoms with Crippen LogP contribution in [0.15, 0.2) is 0 Å². The summed E-state index contributed by atoms with van der Waals surface area (Å²) in [5.41, 5.74) is 2.57. The zero-order valence-electron chi connectivity index (χ0n) is 8.22. The summed E-state index contributed by atoms with van der Waals surface area (Å²) in [7, 11) is 0. The van der Waals surface area contributed by atoms with Gasteiger partial charge in [-0.1, -0.05) is 13.3 Å². The van der Waals surface area contributed by atoms with Crippen LogP contribution in [0, 0.1) is 0 Å². The molecule has 0 aliphatic rings. The monoisotopic (exact) mass is 176 g/mol. The van der Waals surface area contributed by atoms with E-state index in [1.165, 1.54) is 19.8 Å². The SMILES string of the molecule is CCCCNN.CCOC(C)=O. The van der Waals surface area contributed by atoms with Crippen LogP contribution in [0.3, 0.4) is 0 Å². The van der Waals surface area contributed by atoms with Crippen molar-refractivity contribution in [2.75, 3.05) is 13.2 Å². The van der Waals surface area contributed by atoms with Gasteiger partial charge in [0.25, 0.3) is 0 Å². The Morgan fingerprint density at radius 3 is 2.17 bits per heavy atom. The third-order valence-corrected chi connectivity index (χ3v) is 1.02. The topological polar surface area (TPSA) is 64.3 Å². The number of hydrazine groups is 1. The maximum atomic E-state index is 9.82. The summed E-state index contributed by atoms with van der Waals surface area (Å²) in [4.78, 5) is 9.82. The summed E-state index contributed by atoms with van der Waals surface area (Å²) in [6.07, 6.45) is 2.39. The fourth-order valence-electron chi connectivity index (χ4n) is 0.482. The molecule has 0 saturated heterocycles. The Bertz CT molecular complexity index is 93.1. The molecule has 0 radical (unpaired) electrons. The second kappa shape index (κ2) is 13.0. The number of esters is 1. The normalized spacial score (nSPS) is 8.33. The van der Waals surface area contributed by atoms with E-state index in [1.807, 2.05) is 0 Å². The lowest BCUT2D eigenvalue weighted by Crippen LogP contribution is -2.22. The highest BCUT2D eigenvalue weighted by Gasteiger charge is 1.81. The van der Waals surface area contributed by atoms with E-state index < -0.39 is 0 Å². The number of nitrogens with one attached hydrogen (secondary N) is 1. The Hall–Kier alpha value is -0.610. The van der Waals surface area contributed by atoms with Crippen molar-refractivity contribution < 1.29 is 9.53 Å². The van der Waals surface area contributed by atoms with Gasteiger partial charge in [0.2, 0.25) is 0 Å². The van der Waals surface area contributed by atoms with Gasteiger partial charge in [-0.15, -0.1) is 0 Å². The van der Waals surface area contributed by atoms with Crippen LogP contribution in [0.5, 0.6) is 0 Å². The van der Waals surface area contributed by atoms with Crippen LogP contribution in [-0.2, 0) is 9.53 Å². The number of hydrogen-bond donors (Lipinski definition) is 2. The average Bonchev–Trinajstić information content (AvgIpc) is 2.02. The lowest BCUT2D eigenvalue weighted by molar-refractivity contribution is -0.140. The molecule has 0 amide bonds. The van der Waals surface area contributed by atoms with Gasteiger partial charge >= 0.3 is 5.97 Å². The molecule has 0 spiro atoms. The maximum absolute atomic E-state index is 9.82. The van der Waals surface area contributed by atoms with E-state index in [2.05, 4.69) is 17.1 Å². The summed E-state index contributed by atoms with van der Waals surface area (Å²) in [6, 6.07) is 0. The molecule has 0 aromatic heterocycles. The zero-order chi connectivity index (χ0) is 9.82. The first-order valence-electron chi connectivity index (χ1n) is 4.25. The number of rotatable bonds is 4. The summed E-state index contributed by atoms with van der Waals surface area (Å²) in [5.74, 6) is 4.75. The van der Waals surface area contributed by atoms with E-state index in [4.69, 9.17) is 5.84 Å². The first-order chi connectivity index (χ1) is 5.68. The van der Waals surface area contributed by atoms with Gasteiger partial charge in [0.05, 0.1) is 6.61 Å². The molecule has 0 heterocycles. The quantitative estimate of drug-likeness (QED) is 0.288. The number of unbranched alkanes of at least 4 members (excludes halogenated alkanes) is 1. The van der Waals surface area contributed by atoms with Crippen LogP contribution in [0.4, 0.5) is 0 Å². The minimum Gasteiger partial charge on any atom is -0.466 e. The van der Waals surface area contributed by atoms with E-state index in [0.29, 0.717) is 6.61 Å². The van der Waals surface area contributed by atoms with E-state index >= 15 is 0 Å². The summed E-state index contributed by atoms with van der Waals surface area (Å²) in [6.45, 7) is 6.73. The molecule has 0 rings (SSSR count). The van der Waals surface area contributed by atoms with Crippen molar-refractivity contribution in [3.8, 4) is 0 Å². The van der Waals surface area contributed by atoms with Crippen molar-refractivity contribution in [2.24, 2.45) is 5.84 Å². The third-order valence-electron chi connectivity index (χ3n) is 1.02. The minimum absolute atomic E-state index is 0.211. The lowest BCUT2D eigenvalue weighted by Gasteiger charge is -1.89. The molecule has 74 valence electrons. The molecule has 0 aliphatic carbocycles. The highest BCUT2D eigenvalue weighted by Crippen LogP contribution is 1.78. The smallest absolute Gasteiger partial charge is 0.302 e. The van der Waals surface area contributed by atoms with Crippen LogP contribution >= 0.6 is 0 Å². The molecule has 0 bridgehead atoms. The van der Waals surface area contributed by atoms with Gasteiger partial charge in [-0.3, -0.25) is 16.1 Å². The Morgan fingerprint density at radius 2 is 2.08 bits per heavy atom. The highest BCUT2D eigenvalue weighted by molar-refractivity contribution is 5.65. The molecule has 12 heavy (non-hydrogen) atoms. The molecule has 0 atom stereocenters. The van der Waals surface area contributed by atoms with Crippen LogP contribution in [-0.4, -0.2) is 19.1 Å². The van der Waals surface area contributed by atoms with E-state index in [0.717, 1.165) is 6.54 Å². The maximum Gasteiger partial charge on any atom is 0.302 e. The number of hydrogen-bond acceptors (Lipinski definition) is 4. The number of carbonyl (C=O) groups is 1. The molecule has 0 aliphatic heterocycles. The van der Waals surface area contributed by atoms with E-state index in [9.17, 15) is 4.79 Å². The lowest BCUT2D eigenvalue weighted by atomic mass is 10.3. The fourth-order valence-corrected chi connectivity index (χ4v) is 0.482. The average molecular weight is 176 g/mol. The Balaban J connectivity index is 0. The van der Waals surface area contributed by atoms with Crippen molar-refractivity contribution in [3.05, 3.63) is 0 Å². The molecule has 0 saturated carbocycles. The first kappa shape index (κ1) is 13.9.